The van der Waals surface area contributed by atoms with Gasteiger partial charge in [0.25, 0.3) is 0 Å². The van der Waals surface area contributed by atoms with Crippen molar-refractivity contribution in [1.29, 1.82) is 0 Å². The number of aromatic nitrogens is 1. The molecular weight excluding hydrogens is 779 g/mol. The van der Waals surface area contributed by atoms with Gasteiger partial charge in [-0.3, -0.25) is 0 Å². The molecule has 2 aliphatic rings. The first-order chi connectivity index (χ1) is 31.7. The van der Waals surface area contributed by atoms with E-state index in [0.29, 0.717) is 0 Å². The Morgan fingerprint density at radius 2 is 1.20 bits per heavy atom. The number of hydrogen-bond acceptors (Lipinski definition) is 3. The minimum Gasteiger partial charge on any atom is -0.456 e. The van der Waals surface area contributed by atoms with Gasteiger partial charge in [0.15, 0.2) is 0 Å². The summed E-state index contributed by atoms with van der Waals surface area (Å²) in [5, 5.41) is 4.83. The van der Waals surface area contributed by atoms with Crippen LogP contribution >= 0.6 is 0 Å². The van der Waals surface area contributed by atoms with Gasteiger partial charge in [-0.25, -0.2) is 0 Å². The molecule has 0 spiro atoms. The van der Waals surface area contributed by atoms with Crippen LogP contribution < -0.4 is 9.80 Å². The summed E-state index contributed by atoms with van der Waals surface area (Å²) >= 11 is 0. The Morgan fingerprint density at radius 3 is 1.94 bits per heavy atom. The quantitative estimate of drug-likeness (QED) is 0.160. The molecule has 2 aromatic heterocycles. The van der Waals surface area contributed by atoms with Gasteiger partial charge in [0.2, 0.25) is 0 Å². The zero-order valence-electron chi connectivity index (χ0n) is 35.2. The van der Waals surface area contributed by atoms with Crippen LogP contribution in [-0.4, -0.2) is 4.57 Å². The molecule has 4 nitrogen and oxygen atoms in total. The van der Waals surface area contributed by atoms with E-state index in [1.54, 1.807) is 0 Å². The lowest BCUT2D eigenvalue weighted by molar-refractivity contribution is 0.657. The highest BCUT2D eigenvalue weighted by molar-refractivity contribution is 6.09. The van der Waals surface area contributed by atoms with E-state index in [4.69, 9.17) is 4.42 Å². The van der Waals surface area contributed by atoms with Crippen molar-refractivity contribution in [2.45, 2.75) is 12.3 Å². The first kappa shape index (κ1) is 37.4. The normalized spacial score (nSPS) is 15.9. The first-order valence-corrected chi connectivity index (χ1v) is 22.0. The Balaban J connectivity index is 0.917. The second kappa shape index (κ2) is 15.5. The van der Waals surface area contributed by atoms with Crippen LogP contribution in [0.3, 0.4) is 0 Å². The second-order valence-electron chi connectivity index (χ2n) is 16.6. The molecule has 1 unspecified atom stereocenters. The van der Waals surface area contributed by atoms with Gasteiger partial charge in [-0.05, 0) is 114 Å². The number of benzene rings is 8. The fourth-order valence-electron chi connectivity index (χ4n) is 9.74. The van der Waals surface area contributed by atoms with Crippen molar-refractivity contribution in [2.75, 3.05) is 9.80 Å². The molecule has 0 saturated heterocycles. The number of nitrogens with zero attached hydrogens (tertiary/aromatic N) is 3. The van der Waals surface area contributed by atoms with E-state index in [9.17, 15) is 0 Å². The topological polar surface area (TPSA) is 24.6 Å². The Hall–Kier alpha value is -8.34. The lowest BCUT2D eigenvalue weighted by Crippen LogP contribution is -2.17. The van der Waals surface area contributed by atoms with E-state index in [1.165, 1.54) is 27.4 Å². The zero-order valence-corrected chi connectivity index (χ0v) is 35.2. The Bertz CT molecular complexity index is 3490. The fourth-order valence-corrected chi connectivity index (χ4v) is 9.74. The molecule has 1 aliphatic carbocycles. The van der Waals surface area contributed by atoms with Crippen molar-refractivity contribution < 1.29 is 4.42 Å². The molecule has 4 heteroatoms. The lowest BCUT2D eigenvalue weighted by atomic mass is 9.90. The van der Waals surface area contributed by atoms with Crippen LogP contribution in [0.15, 0.2) is 247 Å². The van der Waals surface area contributed by atoms with Gasteiger partial charge < -0.3 is 18.8 Å². The minimum atomic E-state index is 0.185. The maximum atomic E-state index is 6.49. The predicted molar refractivity (Wildman–Crippen MR) is 269 cm³/mol. The van der Waals surface area contributed by atoms with Crippen molar-refractivity contribution in [3.63, 3.8) is 0 Å². The molecule has 0 amide bonds. The molecule has 3 heterocycles. The number of hydrogen-bond donors (Lipinski definition) is 0. The van der Waals surface area contributed by atoms with Crippen molar-refractivity contribution in [1.82, 2.24) is 4.57 Å². The SMILES string of the molecule is C=C1/C=C\C=C/N(c2ccccc2)c2ccc(-c3ccc(N(C4=CCC(c5cccc6c5oc5ccccc56)C=C4)c4ccc(-n5c6ccccc6c6ccccc65)cc4)cc3)cc21. The van der Waals surface area contributed by atoms with E-state index >= 15 is 0 Å². The second-order valence-corrected chi connectivity index (χ2v) is 16.6. The molecule has 1 atom stereocenters. The largest absolute Gasteiger partial charge is 0.456 e. The third-order valence-electron chi connectivity index (χ3n) is 12.9. The lowest BCUT2D eigenvalue weighted by Gasteiger charge is -2.29. The Morgan fingerprint density at radius 1 is 0.547 bits per heavy atom. The summed E-state index contributed by atoms with van der Waals surface area (Å²) in [4.78, 5) is 4.61. The van der Waals surface area contributed by atoms with Crippen molar-refractivity contribution >= 4 is 72.1 Å². The fraction of sp³-hybridized carbons (Fsp3) is 0.0333. The molecule has 1 aliphatic heterocycles. The van der Waals surface area contributed by atoms with E-state index in [1.807, 2.05) is 6.07 Å². The monoisotopic (exact) mass is 821 g/mol. The molecule has 0 bridgehead atoms. The number of allylic oxidation sites excluding steroid dienone is 7. The van der Waals surface area contributed by atoms with Gasteiger partial charge >= 0.3 is 0 Å². The molecule has 8 aromatic carbocycles. The number of fused-ring (bicyclic) bond motifs is 7. The van der Waals surface area contributed by atoms with E-state index in [0.717, 1.165) is 84.8 Å². The molecule has 64 heavy (non-hydrogen) atoms. The molecule has 0 N–H and O–H groups in total. The molecule has 12 rings (SSSR count). The summed E-state index contributed by atoms with van der Waals surface area (Å²) < 4.78 is 8.86. The summed E-state index contributed by atoms with van der Waals surface area (Å²) in [5.74, 6) is 0.185. The van der Waals surface area contributed by atoms with Gasteiger partial charge in [-0.2, -0.15) is 0 Å². The van der Waals surface area contributed by atoms with Gasteiger partial charge in [0, 0.05) is 73.2 Å². The molecular formula is C60H43N3O. The summed E-state index contributed by atoms with van der Waals surface area (Å²) in [7, 11) is 0. The average Bonchev–Trinajstić information content (AvgIpc) is 3.91. The summed E-state index contributed by atoms with van der Waals surface area (Å²) in [6, 6.07) is 67.4. The molecule has 0 saturated carbocycles. The van der Waals surface area contributed by atoms with Crippen LogP contribution in [0.5, 0.6) is 0 Å². The number of rotatable bonds is 7. The van der Waals surface area contributed by atoms with Crippen LogP contribution in [0.2, 0.25) is 0 Å². The zero-order chi connectivity index (χ0) is 42.6. The van der Waals surface area contributed by atoms with Crippen molar-refractivity contribution in [3.8, 4) is 16.8 Å². The summed E-state index contributed by atoms with van der Waals surface area (Å²) in [6.07, 6.45) is 16.2. The highest BCUT2D eigenvalue weighted by atomic mass is 16.3. The molecule has 10 aromatic rings. The van der Waals surface area contributed by atoms with E-state index in [-0.39, 0.29) is 5.92 Å². The van der Waals surface area contributed by atoms with Crippen LogP contribution in [0, 0.1) is 0 Å². The van der Waals surface area contributed by atoms with Crippen LogP contribution in [-0.2, 0) is 0 Å². The van der Waals surface area contributed by atoms with E-state index in [2.05, 4.69) is 246 Å². The van der Waals surface area contributed by atoms with Crippen LogP contribution in [0.1, 0.15) is 23.5 Å². The molecule has 0 fully saturated rings. The molecule has 0 radical (unpaired) electrons. The predicted octanol–water partition coefficient (Wildman–Crippen LogP) is 16.4. The molecule has 304 valence electrons. The number of para-hydroxylation sites is 5. The summed E-state index contributed by atoms with van der Waals surface area (Å²) in [6.45, 7) is 4.47. The van der Waals surface area contributed by atoms with E-state index < -0.39 is 0 Å². The Labute approximate surface area is 372 Å². The van der Waals surface area contributed by atoms with Gasteiger partial charge in [0.1, 0.15) is 11.2 Å². The maximum Gasteiger partial charge on any atom is 0.139 e. The van der Waals surface area contributed by atoms with Crippen LogP contribution in [0.25, 0.3) is 66.1 Å². The average molecular weight is 822 g/mol. The Kier molecular flexibility index (Phi) is 9.08. The highest BCUT2D eigenvalue weighted by Crippen LogP contribution is 2.42. The smallest absolute Gasteiger partial charge is 0.139 e. The van der Waals surface area contributed by atoms with Crippen LogP contribution in [0.4, 0.5) is 22.7 Å². The van der Waals surface area contributed by atoms with Gasteiger partial charge in [-0.1, -0.05) is 140 Å². The first-order valence-electron chi connectivity index (χ1n) is 22.0. The van der Waals surface area contributed by atoms with Gasteiger partial charge in [-0.15, -0.1) is 0 Å². The third-order valence-corrected chi connectivity index (χ3v) is 12.9. The summed E-state index contributed by atoms with van der Waals surface area (Å²) in [5.41, 5.74) is 16.5. The number of anilines is 4. The van der Waals surface area contributed by atoms with Crippen molar-refractivity contribution in [3.05, 3.63) is 254 Å². The van der Waals surface area contributed by atoms with Crippen molar-refractivity contribution in [2.24, 2.45) is 0 Å². The third kappa shape index (κ3) is 6.39. The minimum absolute atomic E-state index is 0.185. The maximum absolute atomic E-state index is 6.49. The van der Waals surface area contributed by atoms with Gasteiger partial charge in [0.05, 0.1) is 16.7 Å². The number of furan rings is 1. The standard InChI is InChI=1S/C60H43N3O/c1-41-14-11-12-39-61(45-15-3-2-4-16-45)56-38-29-44(40-55(41)56)42-25-30-46(31-26-42)62(47-32-27-43(28-33-47)50-20-13-21-54-53-19-7-10-24-59(53)64-60(50)54)48-34-36-49(37-35-48)63-57-22-8-5-17-51(57)52-18-6-9-23-58(52)63/h2-27,29-40,43H,1,28H2/b14-11-,39-12-. The highest BCUT2D eigenvalue weighted by Gasteiger charge is 2.23.